The molecule has 2 rings (SSSR count). The first-order chi connectivity index (χ1) is 9.29. The maximum absolute atomic E-state index is 12.6. The molecule has 0 radical (unpaired) electrons. The van der Waals surface area contributed by atoms with E-state index < -0.39 is 11.9 Å². The normalized spacial score (nSPS) is 13.3. The van der Waals surface area contributed by atoms with Gasteiger partial charge in [-0.3, -0.25) is 4.68 Å². The topological polar surface area (TPSA) is 55.6 Å². The van der Waals surface area contributed by atoms with E-state index in [4.69, 9.17) is 0 Å². The molecule has 5 nitrogen and oxygen atoms in total. The van der Waals surface area contributed by atoms with Crippen LogP contribution in [0.5, 0.6) is 0 Å². The molecule has 108 valence electrons. The third-order valence-electron chi connectivity index (χ3n) is 3.03. The first-order valence-electron chi connectivity index (χ1n) is 5.94. The molecule has 1 atom stereocenters. The number of aromatic nitrogens is 4. The second-order valence-electron chi connectivity index (χ2n) is 4.44. The van der Waals surface area contributed by atoms with E-state index in [1.165, 1.54) is 0 Å². The Balaban J connectivity index is 2.20. The Bertz CT molecular complexity index is 605. The average Bonchev–Trinajstić information content (AvgIpc) is 2.69. The Kier molecular flexibility index (Phi) is 3.65. The van der Waals surface area contributed by atoms with Crippen LogP contribution in [0.2, 0.25) is 0 Å². The monoisotopic (exact) mass is 285 g/mol. The van der Waals surface area contributed by atoms with Gasteiger partial charge in [0.2, 0.25) is 5.95 Å². The van der Waals surface area contributed by atoms with Crippen molar-refractivity contribution in [1.29, 1.82) is 0 Å². The van der Waals surface area contributed by atoms with Crippen molar-refractivity contribution in [2.24, 2.45) is 7.05 Å². The van der Waals surface area contributed by atoms with Gasteiger partial charge in [-0.05, 0) is 19.9 Å². The van der Waals surface area contributed by atoms with Gasteiger partial charge in [-0.2, -0.15) is 18.3 Å². The fraction of sp³-hybridized carbons (Fsp3) is 0.417. The summed E-state index contributed by atoms with van der Waals surface area (Å²) in [6.07, 6.45) is -1.73. The van der Waals surface area contributed by atoms with E-state index in [-0.39, 0.29) is 12.0 Å². The van der Waals surface area contributed by atoms with Crippen LogP contribution in [-0.4, -0.2) is 19.7 Å². The molecular formula is C12H14F3N5. The summed E-state index contributed by atoms with van der Waals surface area (Å²) in [5, 5.41) is 6.94. The zero-order valence-corrected chi connectivity index (χ0v) is 11.2. The number of nitrogens with zero attached hydrogens (tertiary/aromatic N) is 4. The third-order valence-corrected chi connectivity index (χ3v) is 3.03. The van der Waals surface area contributed by atoms with Crippen molar-refractivity contribution in [2.45, 2.75) is 26.1 Å². The van der Waals surface area contributed by atoms with E-state index in [0.29, 0.717) is 0 Å². The quantitative estimate of drug-likeness (QED) is 0.942. The average molecular weight is 285 g/mol. The summed E-state index contributed by atoms with van der Waals surface area (Å²) in [6.45, 7) is 3.70. The highest BCUT2D eigenvalue weighted by molar-refractivity contribution is 5.33. The van der Waals surface area contributed by atoms with Crippen LogP contribution in [0.15, 0.2) is 18.5 Å². The molecule has 1 N–H and O–H groups in total. The smallest absolute Gasteiger partial charge is 0.348 e. The summed E-state index contributed by atoms with van der Waals surface area (Å²) < 4.78 is 39.4. The lowest BCUT2D eigenvalue weighted by molar-refractivity contribution is -0.141. The van der Waals surface area contributed by atoms with Crippen molar-refractivity contribution in [3.63, 3.8) is 0 Å². The summed E-state index contributed by atoms with van der Waals surface area (Å²) in [5.41, 5.74) is 0.843. The van der Waals surface area contributed by atoms with E-state index in [1.807, 2.05) is 13.8 Å². The number of hydrogen-bond donors (Lipinski definition) is 1. The molecular weight excluding hydrogens is 271 g/mol. The molecule has 0 amide bonds. The molecule has 0 aliphatic rings. The maximum atomic E-state index is 12.6. The fourth-order valence-corrected chi connectivity index (χ4v) is 1.80. The number of aryl methyl sites for hydroxylation is 1. The molecule has 0 saturated heterocycles. The maximum Gasteiger partial charge on any atom is 0.433 e. The van der Waals surface area contributed by atoms with Crippen LogP contribution in [0, 0.1) is 6.92 Å². The molecule has 0 bridgehead atoms. The van der Waals surface area contributed by atoms with Gasteiger partial charge in [0, 0.05) is 24.5 Å². The van der Waals surface area contributed by atoms with Gasteiger partial charge in [-0.25, -0.2) is 9.97 Å². The molecule has 0 aromatic carbocycles. The van der Waals surface area contributed by atoms with E-state index >= 15 is 0 Å². The van der Waals surface area contributed by atoms with Crippen LogP contribution in [0.3, 0.4) is 0 Å². The first kappa shape index (κ1) is 14.3. The summed E-state index contributed by atoms with van der Waals surface area (Å²) in [6, 6.07) is 0.595. The molecule has 2 aromatic heterocycles. The second-order valence-corrected chi connectivity index (χ2v) is 4.44. The first-order valence-corrected chi connectivity index (χ1v) is 5.94. The molecule has 8 heteroatoms. The van der Waals surface area contributed by atoms with Crippen molar-refractivity contribution in [3.05, 3.63) is 35.4 Å². The SMILES string of the molecule is Cc1c([C@@H](C)Nc2nccc(C(F)(F)F)n2)cnn1C. The second kappa shape index (κ2) is 5.10. The number of hydrogen-bond acceptors (Lipinski definition) is 4. The minimum Gasteiger partial charge on any atom is -0.348 e. The van der Waals surface area contributed by atoms with Crippen LogP contribution in [0.1, 0.15) is 29.9 Å². The van der Waals surface area contributed by atoms with Gasteiger partial charge in [0.25, 0.3) is 0 Å². The summed E-state index contributed by atoms with van der Waals surface area (Å²) >= 11 is 0. The van der Waals surface area contributed by atoms with Crippen molar-refractivity contribution in [3.8, 4) is 0 Å². The molecule has 0 aliphatic carbocycles. The molecule has 0 saturated carbocycles. The summed E-state index contributed by atoms with van der Waals surface area (Å²) in [5.74, 6) is -0.0596. The minimum atomic E-state index is -4.48. The number of halogens is 3. The highest BCUT2D eigenvalue weighted by atomic mass is 19.4. The fourth-order valence-electron chi connectivity index (χ4n) is 1.80. The zero-order valence-electron chi connectivity index (χ0n) is 11.2. The Morgan fingerprint density at radius 3 is 2.60 bits per heavy atom. The Morgan fingerprint density at radius 1 is 1.35 bits per heavy atom. The van der Waals surface area contributed by atoms with Crippen LogP contribution in [0.4, 0.5) is 19.1 Å². The van der Waals surface area contributed by atoms with Gasteiger partial charge in [-0.15, -0.1) is 0 Å². The van der Waals surface area contributed by atoms with Crippen molar-refractivity contribution in [2.75, 3.05) is 5.32 Å². The molecule has 0 fully saturated rings. The van der Waals surface area contributed by atoms with Crippen molar-refractivity contribution in [1.82, 2.24) is 19.7 Å². The van der Waals surface area contributed by atoms with E-state index in [1.54, 1.807) is 17.9 Å². The van der Waals surface area contributed by atoms with Gasteiger partial charge in [0.1, 0.15) is 5.69 Å². The lowest BCUT2D eigenvalue weighted by atomic mass is 10.1. The predicted molar refractivity (Wildman–Crippen MR) is 67.0 cm³/mol. The van der Waals surface area contributed by atoms with Gasteiger partial charge < -0.3 is 5.32 Å². The van der Waals surface area contributed by atoms with Crippen molar-refractivity contribution < 1.29 is 13.2 Å². The Labute approximate surface area is 113 Å². The molecule has 2 heterocycles. The zero-order chi connectivity index (χ0) is 14.9. The van der Waals surface area contributed by atoms with Gasteiger partial charge >= 0.3 is 6.18 Å². The standard InChI is InChI=1S/C12H14F3N5/c1-7(9-6-17-20(3)8(9)2)18-11-16-5-4-10(19-11)12(13,14)15/h4-7H,1-3H3,(H,16,18,19)/t7-/m1/s1. The summed E-state index contributed by atoms with van der Waals surface area (Å²) in [4.78, 5) is 7.28. The van der Waals surface area contributed by atoms with Crippen LogP contribution >= 0.6 is 0 Å². The minimum absolute atomic E-state index is 0.0596. The summed E-state index contributed by atoms with van der Waals surface area (Å²) in [7, 11) is 1.80. The van der Waals surface area contributed by atoms with E-state index in [2.05, 4.69) is 20.4 Å². The van der Waals surface area contributed by atoms with Gasteiger partial charge in [-0.1, -0.05) is 0 Å². The molecule has 2 aromatic rings. The largest absolute Gasteiger partial charge is 0.433 e. The molecule has 20 heavy (non-hydrogen) atoms. The predicted octanol–water partition coefficient (Wildman–Crippen LogP) is 2.71. The van der Waals surface area contributed by atoms with Crippen LogP contribution < -0.4 is 5.32 Å². The molecule has 0 spiro atoms. The number of anilines is 1. The lowest BCUT2D eigenvalue weighted by Crippen LogP contribution is -2.14. The van der Waals surface area contributed by atoms with Crippen LogP contribution in [-0.2, 0) is 13.2 Å². The Morgan fingerprint density at radius 2 is 2.05 bits per heavy atom. The number of alkyl halides is 3. The highest BCUT2D eigenvalue weighted by Gasteiger charge is 2.32. The van der Waals surface area contributed by atoms with E-state index in [0.717, 1.165) is 23.5 Å². The van der Waals surface area contributed by atoms with Crippen molar-refractivity contribution >= 4 is 5.95 Å². The molecule has 0 aliphatic heterocycles. The lowest BCUT2D eigenvalue weighted by Gasteiger charge is -2.14. The number of rotatable bonds is 3. The highest BCUT2D eigenvalue weighted by Crippen LogP contribution is 2.28. The van der Waals surface area contributed by atoms with Gasteiger partial charge in [0.15, 0.2) is 0 Å². The van der Waals surface area contributed by atoms with Gasteiger partial charge in [0.05, 0.1) is 12.2 Å². The third kappa shape index (κ3) is 2.89. The Hall–Kier alpha value is -2.12. The number of nitrogens with one attached hydrogen (secondary N) is 1. The van der Waals surface area contributed by atoms with E-state index in [9.17, 15) is 13.2 Å². The van der Waals surface area contributed by atoms with Crippen LogP contribution in [0.25, 0.3) is 0 Å². The molecule has 0 unspecified atom stereocenters.